The van der Waals surface area contributed by atoms with Crippen LogP contribution in [0.15, 0.2) is 24.3 Å². The van der Waals surface area contributed by atoms with Crippen LogP contribution in [0.25, 0.3) is 0 Å². The molecule has 0 aliphatic rings. The molecular weight excluding hydrogens is 198 g/mol. The second-order valence-corrected chi connectivity index (χ2v) is 4.46. The van der Waals surface area contributed by atoms with Gasteiger partial charge in [0.25, 0.3) is 0 Å². The van der Waals surface area contributed by atoms with Crippen molar-refractivity contribution in [1.29, 1.82) is 0 Å². The summed E-state index contributed by atoms with van der Waals surface area (Å²) in [6, 6.07) is 7.79. The maximum Gasteiger partial charge on any atom is 0.167 e. The van der Waals surface area contributed by atoms with Crippen molar-refractivity contribution in [2.45, 2.75) is 39.7 Å². The largest absolute Gasteiger partial charge is 0.327 e. The van der Waals surface area contributed by atoms with Crippen molar-refractivity contribution in [1.82, 2.24) is 0 Å². The zero-order valence-electron chi connectivity index (χ0n) is 10.4. The number of Topliss-reactive ketones (excluding diaryl/α,β-unsaturated/α-hetero) is 1. The molecule has 0 aliphatic heterocycles. The van der Waals surface area contributed by atoms with Crippen molar-refractivity contribution in [3.8, 4) is 0 Å². The molecule has 0 radical (unpaired) electrons. The van der Waals surface area contributed by atoms with E-state index in [0.717, 1.165) is 18.4 Å². The van der Waals surface area contributed by atoms with Gasteiger partial charge in [0.2, 0.25) is 0 Å². The number of hydrogen-bond acceptors (Lipinski definition) is 2. The summed E-state index contributed by atoms with van der Waals surface area (Å²) < 4.78 is 0. The Kier molecular flexibility index (Phi) is 4.69. The van der Waals surface area contributed by atoms with Crippen molar-refractivity contribution in [2.24, 2.45) is 11.7 Å². The fourth-order valence-corrected chi connectivity index (χ4v) is 1.63. The maximum absolute atomic E-state index is 12.0. The van der Waals surface area contributed by atoms with Crippen LogP contribution in [0.2, 0.25) is 0 Å². The van der Waals surface area contributed by atoms with Gasteiger partial charge in [0.05, 0.1) is 0 Å². The lowest BCUT2D eigenvalue weighted by Gasteiger charge is -2.14. The van der Waals surface area contributed by atoms with Crippen LogP contribution in [0.4, 0.5) is 0 Å². The normalized spacial score (nSPS) is 14.5. The van der Waals surface area contributed by atoms with Gasteiger partial charge in [0.15, 0.2) is 5.78 Å². The molecule has 0 bridgehead atoms. The predicted molar refractivity (Wildman–Crippen MR) is 67.6 cm³/mol. The lowest BCUT2D eigenvalue weighted by molar-refractivity contribution is 0.0917. The molecule has 2 atom stereocenters. The molecule has 0 fully saturated rings. The van der Waals surface area contributed by atoms with Crippen LogP contribution in [-0.4, -0.2) is 11.8 Å². The molecule has 2 nitrogen and oxygen atoms in total. The van der Waals surface area contributed by atoms with Gasteiger partial charge in [-0.1, -0.05) is 44.5 Å². The van der Waals surface area contributed by atoms with Crippen molar-refractivity contribution in [2.75, 3.05) is 0 Å². The summed E-state index contributed by atoms with van der Waals surface area (Å²) in [5.74, 6) is 0.0232. The Morgan fingerprint density at radius 1 is 1.25 bits per heavy atom. The second kappa shape index (κ2) is 5.80. The van der Waals surface area contributed by atoms with E-state index < -0.39 is 0 Å². The van der Waals surface area contributed by atoms with Gasteiger partial charge in [0.1, 0.15) is 0 Å². The molecule has 2 heteroatoms. The van der Waals surface area contributed by atoms with E-state index in [4.69, 9.17) is 5.73 Å². The van der Waals surface area contributed by atoms with Crippen LogP contribution < -0.4 is 5.73 Å². The van der Waals surface area contributed by atoms with Gasteiger partial charge in [-0.2, -0.15) is 0 Å². The van der Waals surface area contributed by atoms with E-state index in [9.17, 15) is 4.79 Å². The van der Waals surface area contributed by atoms with E-state index in [1.54, 1.807) is 0 Å². The fourth-order valence-electron chi connectivity index (χ4n) is 1.63. The molecule has 0 aliphatic carbocycles. The van der Waals surface area contributed by atoms with E-state index in [1.807, 2.05) is 38.1 Å². The minimum Gasteiger partial charge on any atom is -0.327 e. The first-order valence-corrected chi connectivity index (χ1v) is 5.95. The Balaban J connectivity index is 2.77. The first-order valence-electron chi connectivity index (χ1n) is 5.95. The van der Waals surface area contributed by atoms with Crippen LogP contribution in [0.5, 0.6) is 0 Å². The van der Waals surface area contributed by atoms with Gasteiger partial charge in [-0.3, -0.25) is 4.79 Å². The number of benzene rings is 1. The highest BCUT2D eigenvalue weighted by atomic mass is 16.1. The Hall–Kier alpha value is -1.15. The first kappa shape index (κ1) is 12.9. The Morgan fingerprint density at radius 2 is 1.81 bits per heavy atom. The molecule has 0 spiro atoms. The molecule has 0 saturated carbocycles. The van der Waals surface area contributed by atoms with Gasteiger partial charge in [-0.25, -0.2) is 0 Å². The maximum atomic E-state index is 12.0. The second-order valence-electron chi connectivity index (χ2n) is 4.46. The number of carbonyl (C=O) groups is 1. The highest BCUT2D eigenvalue weighted by Crippen LogP contribution is 2.13. The van der Waals surface area contributed by atoms with Crippen LogP contribution in [-0.2, 0) is 6.42 Å². The monoisotopic (exact) mass is 219 g/mol. The summed E-state index contributed by atoms with van der Waals surface area (Å²) in [5, 5.41) is 0. The van der Waals surface area contributed by atoms with E-state index in [-0.39, 0.29) is 17.7 Å². The Labute approximate surface area is 97.9 Å². The number of carbonyl (C=O) groups excluding carboxylic acids is 1. The van der Waals surface area contributed by atoms with Gasteiger partial charge < -0.3 is 5.73 Å². The molecule has 16 heavy (non-hydrogen) atoms. The number of ketones is 1. The summed E-state index contributed by atoms with van der Waals surface area (Å²) >= 11 is 0. The predicted octanol–water partition coefficient (Wildman–Crippen LogP) is 2.81. The molecule has 1 rings (SSSR count). The van der Waals surface area contributed by atoms with Crippen molar-refractivity contribution in [3.05, 3.63) is 35.4 Å². The highest BCUT2D eigenvalue weighted by molar-refractivity contribution is 5.98. The van der Waals surface area contributed by atoms with E-state index in [0.29, 0.717) is 0 Å². The molecule has 2 unspecified atom stereocenters. The fraction of sp³-hybridized carbons (Fsp3) is 0.500. The molecule has 88 valence electrons. The van der Waals surface area contributed by atoms with E-state index in [1.165, 1.54) is 5.56 Å². The van der Waals surface area contributed by atoms with Crippen molar-refractivity contribution < 1.29 is 4.79 Å². The topological polar surface area (TPSA) is 43.1 Å². The van der Waals surface area contributed by atoms with Gasteiger partial charge in [0, 0.05) is 17.5 Å². The van der Waals surface area contributed by atoms with Crippen LogP contribution in [0.1, 0.15) is 43.1 Å². The first-order chi connectivity index (χ1) is 7.56. The quantitative estimate of drug-likeness (QED) is 0.774. The standard InChI is InChI=1S/C14H21NO/c1-4-5-12-6-8-13(9-7-12)14(16)10(2)11(3)15/h6-11H,4-5,15H2,1-3H3. The molecule has 1 aromatic carbocycles. The lowest BCUT2D eigenvalue weighted by atomic mass is 9.93. The smallest absolute Gasteiger partial charge is 0.167 e. The van der Waals surface area contributed by atoms with E-state index >= 15 is 0 Å². The zero-order chi connectivity index (χ0) is 12.1. The number of rotatable bonds is 5. The Morgan fingerprint density at radius 3 is 2.25 bits per heavy atom. The minimum atomic E-state index is -0.114. The number of hydrogen-bond donors (Lipinski definition) is 1. The average Bonchev–Trinajstić information content (AvgIpc) is 2.28. The summed E-state index contributed by atoms with van der Waals surface area (Å²) in [7, 11) is 0. The summed E-state index contributed by atoms with van der Waals surface area (Å²) in [6.45, 7) is 5.90. The van der Waals surface area contributed by atoms with Crippen molar-refractivity contribution >= 4 is 5.78 Å². The Bertz CT molecular complexity index is 340. The average molecular weight is 219 g/mol. The molecule has 0 heterocycles. The zero-order valence-corrected chi connectivity index (χ0v) is 10.4. The van der Waals surface area contributed by atoms with Crippen LogP contribution in [0, 0.1) is 5.92 Å². The lowest BCUT2D eigenvalue weighted by Crippen LogP contribution is -2.30. The summed E-state index contributed by atoms with van der Waals surface area (Å²) in [4.78, 5) is 12.0. The van der Waals surface area contributed by atoms with Gasteiger partial charge in [-0.05, 0) is 18.9 Å². The van der Waals surface area contributed by atoms with E-state index in [2.05, 4.69) is 6.92 Å². The summed E-state index contributed by atoms with van der Waals surface area (Å²) in [6.07, 6.45) is 2.20. The highest BCUT2D eigenvalue weighted by Gasteiger charge is 2.18. The van der Waals surface area contributed by atoms with Crippen LogP contribution in [0.3, 0.4) is 0 Å². The van der Waals surface area contributed by atoms with Gasteiger partial charge >= 0.3 is 0 Å². The SMILES string of the molecule is CCCc1ccc(C(=O)C(C)C(C)N)cc1. The summed E-state index contributed by atoms with van der Waals surface area (Å²) in [5.41, 5.74) is 7.78. The minimum absolute atomic E-state index is 0.0946. The number of aryl methyl sites for hydroxylation is 1. The number of nitrogens with two attached hydrogens (primary N) is 1. The molecule has 2 N–H and O–H groups in total. The van der Waals surface area contributed by atoms with Gasteiger partial charge in [-0.15, -0.1) is 0 Å². The molecule has 0 saturated heterocycles. The molecular formula is C14H21NO. The molecule has 0 aromatic heterocycles. The van der Waals surface area contributed by atoms with Crippen LogP contribution >= 0.6 is 0 Å². The third kappa shape index (κ3) is 3.17. The molecule has 1 aromatic rings. The third-order valence-electron chi connectivity index (χ3n) is 2.98. The van der Waals surface area contributed by atoms with Crippen molar-refractivity contribution in [3.63, 3.8) is 0 Å². The third-order valence-corrected chi connectivity index (χ3v) is 2.98. The molecule has 0 amide bonds.